The number of aliphatic hydroxyl groups is 1. The Morgan fingerprint density at radius 2 is 1.67 bits per heavy atom. The van der Waals surface area contributed by atoms with Gasteiger partial charge in [-0.25, -0.2) is 0 Å². The lowest BCUT2D eigenvalue weighted by Crippen LogP contribution is -2.17. The van der Waals surface area contributed by atoms with Gasteiger partial charge >= 0.3 is 0 Å². The molecule has 1 nitrogen and oxygen atoms in total. The molecule has 1 N–H and O–H groups in total. The van der Waals surface area contributed by atoms with Crippen LogP contribution in [0.4, 0.5) is 0 Å². The second-order valence-corrected chi connectivity index (χ2v) is 6.36. The lowest BCUT2D eigenvalue weighted by atomic mass is 9.77. The molecule has 0 aromatic heterocycles. The molecule has 0 fully saturated rings. The molecule has 0 aliphatic heterocycles. The van der Waals surface area contributed by atoms with Crippen LogP contribution >= 0.6 is 0 Å². The zero-order valence-corrected chi connectivity index (χ0v) is 13.0. The molecule has 0 aliphatic carbocycles. The van der Waals surface area contributed by atoms with Gasteiger partial charge < -0.3 is 5.11 Å². The van der Waals surface area contributed by atoms with E-state index in [4.69, 9.17) is 0 Å². The monoisotopic (exact) mass is 250 g/mol. The smallest absolute Gasteiger partial charge is 0.118 e. The Balaban J connectivity index is 5.30. The summed E-state index contributed by atoms with van der Waals surface area (Å²) in [7, 11) is 0. The van der Waals surface area contributed by atoms with Gasteiger partial charge in [-0.15, -0.1) is 0 Å². The predicted molar refractivity (Wildman–Crippen MR) is 81.8 cm³/mol. The molecular formula is C17H30O. The number of allylic oxidation sites excluding steroid dienone is 4. The fraction of sp³-hybridized carbons (Fsp3) is 0.647. The molecule has 0 amide bonds. The van der Waals surface area contributed by atoms with Crippen LogP contribution < -0.4 is 0 Å². The minimum Gasteiger partial charge on any atom is -0.508 e. The average Bonchev–Trinajstić information content (AvgIpc) is 2.29. The largest absolute Gasteiger partial charge is 0.508 e. The van der Waals surface area contributed by atoms with E-state index < -0.39 is 0 Å². The normalized spacial score (nSPS) is 14.8. The molecule has 18 heavy (non-hydrogen) atoms. The molecule has 0 aromatic rings. The summed E-state index contributed by atoms with van der Waals surface area (Å²) in [6.45, 7) is 16.9. The van der Waals surface area contributed by atoms with Crippen LogP contribution in [0.2, 0.25) is 0 Å². The summed E-state index contributed by atoms with van der Waals surface area (Å²) in [6.07, 6.45) is 8.64. The molecule has 0 heterocycles. The summed E-state index contributed by atoms with van der Waals surface area (Å²) < 4.78 is 0. The van der Waals surface area contributed by atoms with Crippen LogP contribution in [0.5, 0.6) is 0 Å². The number of rotatable bonds is 7. The van der Waals surface area contributed by atoms with Crippen LogP contribution in [0.15, 0.2) is 36.1 Å². The SMILES string of the molecule is C=C/C=C(O)\C(=C/CC(C)(C)CC)C(C)(C)CC. The molecule has 0 spiro atoms. The van der Waals surface area contributed by atoms with Crippen molar-refractivity contribution in [3.63, 3.8) is 0 Å². The highest BCUT2D eigenvalue weighted by atomic mass is 16.3. The maximum atomic E-state index is 10.2. The zero-order chi connectivity index (χ0) is 14.4. The number of aliphatic hydroxyl groups excluding tert-OH is 1. The first-order valence-electron chi connectivity index (χ1n) is 6.93. The van der Waals surface area contributed by atoms with E-state index in [1.54, 1.807) is 12.2 Å². The minimum atomic E-state index is -0.00653. The topological polar surface area (TPSA) is 20.2 Å². The van der Waals surface area contributed by atoms with E-state index in [0.29, 0.717) is 5.76 Å². The maximum absolute atomic E-state index is 10.2. The Labute approximate surface area is 113 Å². The van der Waals surface area contributed by atoms with Gasteiger partial charge in [0.25, 0.3) is 0 Å². The van der Waals surface area contributed by atoms with E-state index in [9.17, 15) is 5.11 Å². The second-order valence-electron chi connectivity index (χ2n) is 6.36. The van der Waals surface area contributed by atoms with Gasteiger partial charge in [-0.1, -0.05) is 66.7 Å². The highest BCUT2D eigenvalue weighted by molar-refractivity contribution is 5.32. The summed E-state index contributed by atoms with van der Waals surface area (Å²) in [5, 5.41) is 10.2. The van der Waals surface area contributed by atoms with Crippen LogP contribution in [0.1, 0.15) is 60.8 Å². The van der Waals surface area contributed by atoms with E-state index in [1.165, 1.54) is 0 Å². The highest BCUT2D eigenvalue weighted by Gasteiger charge is 2.25. The van der Waals surface area contributed by atoms with Crippen molar-refractivity contribution in [2.45, 2.75) is 60.8 Å². The fourth-order valence-corrected chi connectivity index (χ4v) is 1.64. The molecule has 0 radical (unpaired) electrons. The van der Waals surface area contributed by atoms with E-state index in [1.807, 2.05) is 0 Å². The minimum absolute atomic E-state index is 0.00653. The lowest BCUT2D eigenvalue weighted by molar-refractivity contribution is 0.335. The van der Waals surface area contributed by atoms with E-state index >= 15 is 0 Å². The summed E-state index contributed by atoms with van der Waals surface area (Å²) in [6, 6.07) is 0. The van der Waals surface area contributed by atoms with Crippen molar-refractivity contribution in [2.24, 2.45) is 10.8 Å². The van der Waals surface area contributed by atoms with E-state index in [2.05, 4.69) is 54.2 Å². The average molecular weight is 250 g/mol. The molecule has 104 valence electrons. The molecular weight excluding hydrogens is 220 g/mol. The molecule has 0 rings (SSSR count). The third-order valence-electron chi connectivity index (χ3n) is 3.98. The predicted octanol–water partition coefficient (Wildman–Crippen LogP) is 5.80. The van der Waals surface area contributed by atoms with Gasteiger partial charge in [0.1, 0.15) is 5.76 Å². The van der Waals surface area contributed by atoms with Gasteiger partial charge in [0.2, 0.25) is 0 Å². The Bertz CT molecular complexity index is 330. The standard InChI is InChI=1S/C17H30O/c1-8-11-15(18)14(17(6,7)10-3)12-13-16(4,5)9-2/h8,11-12,18H,1,9-10,13H2,2-7H3/b14-12+,15-11+. The molecule has 0 aliphatic rings. The van der Waals surface area contributed by atoms with Crippen LogP contribution in [0.3, 0.4) is 0 Å². The van der Waals surface area contributed by atoms with Crippen LogP contribution in [0.25, 0.3) is 0 Å². The third-order valence-corrected chi connectivity index (χ3v) is 3.98. The van der Waals surface area contributed by atoms with Crippen LogP contribution in [0, 0.1) is 10.8 Å². The van der Waals surface area contributed by atoms with Gasteiger partial charge in [0.05, 0.1) is 0 Å². The molecule has 0 bridgehead atoms. The fourth-order valence-electron chi connectivity index (χ4n) is 1.64. The van der Waals surface area contributed by atoms with Crippen molar-refractivity contribution in [1.82, 2.24) is 0 Å². The van der Waals surface area contributed by atoms with Crippen molar-refractivity contribution in [2.75, 3.05) is 0 Å². The third kappa shape index (κ3) is 5.12. The molecule has 1 heteroatoms. The quantitative estimate of drug-likeness (QED) is 0.447. The van der Waals surface area contributed by atoms with Crippen molar-refractivity contribution in [3.05, 3.63) is 36.1 Å². The Morgan fingerprint density at radius 1 is 1.11 bits per heavy atom. The van der Waals surface area contributed by atoms with Gasteiger partial charge in [-0.3, -0.25) is 0 Å². The van der Waals surface area contributed by atoms with Crippen molar-refractivity contribution < 1.29 is 5.11 Å². The van der Waals surface area contributed by atoms with Crippen molar-refractivity contribution in [3.8, 4) is 0 Å². The lowest BCUT2D eigenvalue weighted by Gasteiger charge is -2.28. The molecule has 0 unspecified atom stereocenters. The molecule has 0 saturated heterocycles. The summed E-state index contributed by atoms with van der Waals surface area (Å²) in [4.78, 5) is 0. The molecule has 0 saturated carbocycles. The second kappa shape index (κ2) is 6.82. The maximum Gasteiger partial charge on any atom is 0.118 e. The first kappa shape index (κ1) is 17.0. The highest BCUT2D eigenvalue weighted by Crippen LogP contribution is 2.36. The zero-order valence-electron chi connectivity index (χ0n) is 13.0. The van der Waals surface area contributed by atoms with Gasteiger partial charge in [0.15, 0.2) is 0 Å². The first-order chi connectivity index (χ1) is 8.20. The van der Waals surface area contributed by atoms with Crippen LogP contribution in [-0.4, -0.2) is 5.11 Å². The van der Waals surface area contributed by atoms with Crippen LogP contribution in [-0.2, 0) is 0 Å². The number of hydrogen-bond acceptors (Lipinski definition) is 1. The molecule has 0 atom stereocenters. The molecule has 0 aromatic carbocycles. The Kier molecular flexibility index (Phi) is 6.45. The van der Waals surface area contributed by atoms with Gasteiger partial charge in [-0.2, -0.15) is 0 Å². The van der Waals surface area contributed by atoms with Gasteiger partial charge in [0, 0.05) is 0 Å². The first-order valence-corrected chi connectivity index (χ1v) is 6.93. The van der Waals surface area contributed by atoms with Gasteiger partial charge in [-0.05, 0) is 35.3 Å². The number of hydrogen-bond donors (Lipinski definition) is 1. The summed E-state index contributed by atoms with van der Waals surface area (Å²) in [5.41, 5.74) is 1.31. The summed E-state index contributed by atoms with van der Waals surface area (Å²) >= 11 is 0. The Hall–Kier alpha value is -0.980. The summed E-state index contributed by atoms with van der Waals surface area (Å²) in [5.74, 6) is 0.351. The van der Waals surface area contributed by atoms with Crippen molar-refractivity contribution in [1.29, 1.82) is 0 Å². The van der Waals surface area contributed by atoms with Crippen molar-refractivity contribution >= 4 is 0 Å². The van der Waals surface area contributed by atoms with E-state index in [0.717, 1.165) is 24.8 Å². The van der Waals surface area contributed by atoms with E-state index in [-0.39, 0.29) is 10.8 Å². The Morgan fingerprint density at radius 3 is 2.06 bits per heavy atom.